The molecule has 0 unspecified atom stereocenters. The van der Waals surface area contributed by atoms with Gasteiger partial charge in [-0.2, -0.15) is 4.31 Å². The van der Waals surface area contributed by atoms with Crippen LogP contribution in [0.5, 0.6) is 11.5 Å². The van der Waals surface area contributed by atoms with Crippen molar-refractivity contribution in [1.82, 2.24) is 13.7 Å². The molecular weight excluding hydrogens is 470 g/mol. The predicted molar refractivity (Wildman–Crippen MR) is 118 cm³/mol. The molecule has 0 amide bonds. The van der Waals surface area contributed by atoms with Gasteiger partial charge in [0.05, 0.1) is 16.5 Å². The molecule has 0 aliphatic carbocycles. The standard InChI is InChI=1S/C21H21N3O7S2/c25-19-11-15(22-21-24(19)7-10-32-21)13-31-20(26)14-3-5-23(6-4-14)33(27,28)16-1-2-17-18(12-16)30-9-8-29-17/h1-2,7,10-12,14H,3-6,8-9,13H2. The van der Waals surface area contributed by atoms with Crippen molar-refractivity contribution < 1.29 is 27.4 Å². The molecule has 0 saturated carbocycles. The summed E-state index contributed by atoms with van der Waals surface area (Å²) in [6, 6.07) is 5.92. The number of aromatic nitrogens is 2. The van der Waals surface area contributed by atoms with Gasteiger partial charge in [0.1, 0.15) is 19.8 Å². The zero-order valence-electron chi connectivity index (χ0n) is 17.5. The highest BCUT2D eigenvalue weighted by Gasteiger charge is 2.33. The van der Waals surface area contributed by atoms with Gasteiger partial charge < -0.3 is 14.2 Å². The Balaban J connectivity index is 1.19. The Hall–Kier alpha value is -2.96. The zero-order valence-corrected chi connectivity index (χ0v) is 19.1. The lowest BCUT2D eigenvalue weighted by Crippen LogP contribution is -2.40. The van der Waals surface area contributed by atoms with Gasteiger partial charge in [-0.05, 0) is 25.0 Å². The third-order valence-corrected chi connectivity index (χ3v) is 8.31. The van der Waals surface area contributed by atoms with Crippen LogP contribution < -0.4 is 15.0 Å². The van der Waals surface area contributed by atoms with Crippen molar-refractivity contribution in [2.75, 3.05) is 26.3 Å². The minimum atomic E-state index is -3.72. The number of thiazole rings is 1. The number of nitrogens with zero attached hydrogens (tertiary/aromatic N) is 3. The molecule has 0 atom stereocenters. The number of piperidine rings is 1. The molecule has 4 heterocycles. The van der Waals surface area contributed by atoms with Crippen molar-refractivity contribution in [1.29, 1.82) is 0 Å². The quantitative estimate of drug-likeness (QED) is 0.495. The highest BCUT2D eigenvalue weighted by molar-refractivity contribution is 7.89. The number of hydrogen-bond donors (Lipinski definition) is 0. The minimum absolute atomic E-state index is 0.0990. The Morgan fingerprint density at radius 2 is 1.91 bits per heavy atom. The molecule has 1 fully saturated rings. The lowest BCUT2D eigenvalue weighted by atomic mass is 9.98. The second kappa shape index (κ2) is 8.76. The van der Waals surface area contributed by atoms with Crippen LogP contribution in [0.15, 0.2) is 45.5 Å². The summed E-state index contributed by atoms with van der Waals surface area (Å²) in [7, 11) is -3.72. The van der Waals surface area contributed by atoms with E-state index in [-0.39, 0.29) is 30.2 Å². The fourth-order valence-electron chi connectivity index (χ4n) is 3.89. The average Bonchev–Trinajstić information content (AvgIpc) is 3.32. The van der Waals surface area contributed by atoms with Crippen molar-refractivity contribution in [3.05, 3.63) is 51.9 Å². The first-order valence-electron chi connectivity index (χ1n) is 10.4. The first kappa shape index (κ1) is 21.9. The Morgan fingerprint density at radius 3 is 2.70 bits per heavy atom. The van der Waals surface area contributed by atoms with Gasteiger partial charge in [0, 0.05) is 36.8 Å². The third-order valence-electron chi connectivity index (χ3n) is 5.66. The largest absolute Gasteiger partial charge is 0.486 e. The van der Waals surface area contributed by atoms with Crippen LogP contribution in [0.2, 0.25) is 0 Å². The Bertz CT molecular complexity index is 1360. The number of fused-ring (bicyclic) bond motifs is 2. The highest BCUT2D eigenvalue weighted by Crippen LogP contribution is 2.34. The summed E-state index contributed by atoms with van der Waals surface area (Å²) in [5.74, 6) is 0.106. The molecule has 0 spiro atoms. The third kappa shape index (κ3) is 4.33. The maximum absolute atomic E-state index is 13.1. The predicted octanol–water partition coefficient (Wildman–Crippen LogP) is 1.67. The van der Waals surface area contributed by atoms with Crippen LogP contribution in [-0.4, -0.2) is 54.4 Å². The van der Waals surface area contributed by atoms with E-state index in [4.69, 9.17) is 14.2 Å². The van der Waals surface area contributed by atoms with Crippen LogP contribution in [-0.2, 0) is 26.2 Å². The molecular formula is C21H21N3O7S2. The normalized spacial score (nSPS) is 17.2. The van der Waals surface area contributed by atoms with E-state index < -0.39 is 21.9 Å². The molecule has 1 saturated heterocycles. The molecule has 5 rings (SSSR count). The molecule has 1 aromatic carbocycles. The van der Waals surface area contributed by atoms with Gasteiger partial charge in [-0.25, -0.2) is 13.4 Å². The van der Waals surface area contributed by atoms with E-state index in [9.17, 15) is 18.0 Å². The summed E-state index contributed by atoms with van der Waals surface area (Å²) >= 11 is 1.32. The van der Waals surface area contributed by atoms with Crippen LogP contribution in [0.4, 0.5) is 0 Å². The monoisotopic (exact) mass is 491 g/mol. The average molecular weight is 492 g/mol. The van der Waals surface area contributed by atoms with E-state index in [1.54, 1.807) is 17.6 Å². The number of rotatable bonds is 5. The molecule has 0 bridgehead atoms. The molecule has 10 nitrogen and oxygen atoms in total. The summed E-state index contributed by atoms with van der Waals surface area (Å²) in [6.07, 6.45) is 2.34. The van der Waals surface area contributed by atoms with Crippen LogP contribution in [0, 0.1) is 5.92 Å². The second-order valence-corrected chi connectivity index (χ2v) is 10.5. The smallest absolute Gasteiger partial charge is 0.309 e. The molecule has 0 N–H and O–H groups in total. The fraction of sp³-hybridized carbons (Fsp3) is 0.381. The van der Waals surface area contributed by atoms with E-state index in [0.29, 0.717) is 48.2 Å². The molecule has 174 valence electrons. The minimum Gasteiger partial charge on any atom is -0.486 e. The van der Waals surface area contributed by atoms with Gasteiger partial charge in [-0.1, -0.05) is 0 Å². The van der Waals surface area contributed by atoms with Crippen molar-refractivity contribution in [2.45, 2.75) is 24.3 Å². The van der Waals surface area contributed by atoms with E-state index in [1.165, 1.54) is 38.2 Å². The molecule has 2 aliphatic rings. The lowest BCUT2D eigenvalue weighted by molar-refractivity contribution is -0.151. The van der Waals surface area contributed by atoms with Crippen LogP contribution in [0.3, 0.4) is 0 Å². The summed E-state index contributed by atoms with van der Waals surface area (Å²) < 4.78 is 45.2. The Kier molecular flexibility index (Phi) is 5.81. The number of benzene rings is 1. The van der Waals surface area contributed by atoms with Gasteiger partial charge in [0.25, 0.3) is 5.56 Å². The van der Waals surface area contributed by atoms with Gasteiger partial charge in [-0.15, -0.1) is 11.3 Å². The summed E-state index contributed by atoms with van der Waals surface area (Å²) in [5.41, 5.74) is 0.152. The maximum Gasteiger partial charge on any atom is 0.309 e. The first-order valence-corrected chi connectivity index (χ1v) is 12.8. The van der Waals surface area contributed by atoms with Crippen LogP contribution >= 0.6 is 11.3 Å². The topological polar surface area (TPSA) is 117 Å². The number of ether oxygens (including phenoxy) is 3. The Labute approximate surface area is 193 Å². The summed E-state index contributed by atoms with van der Waals surface area (Å²) in [5, 5.41) is 1.76. The van der Waals surface area contributed by atoms with Crippen molar-refractivity contribution in [2.24, 2.45) is 5.92 Å². The van der Waals surface area contributed by atoms with E-state index in [1.807, 2.05) is 0 Å². The number of carbonyl (C=O) groups is 1. The van der Waals surface area contributed by atoms with Gasteiger partial charge in [0.2, 0.25) is 10.0 Å². The van der Waals surface area contributed by atoms with Gasteiger partial charge in [-0.3, -0.25) is 14.0 Å². The Morgan fingerprint density at radius 1 is 1.15 bits per heavy atom. The van der Waals surface area contributed by atoms with E-state index in [2.05, 4.69) is 4.98 Å². The fourth-order valence-corrected chi connectivity index (χ4v) is 6.11. The lowest BCUT2D eigenvalue weighted by Gasteiger charge is -2.30. The highest BCUT2D eigenvalue weighted by atomic mass is 32.2. The molecule has 3 aromatic rings. The van der Waals surface area contributed by atoms with E-state index in [0.717, 1.165) is 0 Å². The number of hydrogen-bond acceptors (Lipinski definition) is 9. The number of sulfonamides is 1. The number of esters is 1. The van der Waals surface area contributed by atoms with Gasteiger partial charge >= 0.3 is 5.97 Å². The molecule has 2 aliphatic heterocycles. The van der Waals surface area contributed by atoms with Gasteiger partial charge in [0.15, 0.2) is 16.5 Å². The molecule has 12 heteroatoms. The van der Waals surface area contributed by atoms with E-state index >= 15 is 0 Å². The zero-order chi connectivity index (χ0) is 23.0. The second-order valence-electron chi connectivity index (χ2n) is 7.73. The molecule has 33 heavy (non-hydrogen) atoms. The van der Waals surface area contributed by atoms with Crippen LogP contribution in [0.25, 0.3) is 4.96 Å². The first-order chi connectivity index (χ1) is 15.9. The molecule has 2 aromatic heterocycles. The van der Waals surface area contributed by atoms with Crippen molar-refractivity contribution >= 4 is 32.3 Å². The number of carbonyl (C=O) groups excluding carboxylic acids is 1. The van der Waals surface area contributed by atoms with Crippen molar-refractivity contribution in [3.63, 3.8) is 0 Å². The molecule has 0 radical (unpaired) electrons. The van der Waals surface area contributed by atoms with Crippen molar-refractivity contribution in [3.8, 4) is 11.5 Å². The summed E-state index contributed by atoms with van der Waals surface area (Å²) in [6.45, 7) is 1.11. The van der Waals surface area contributed by atoms with Crippen LogP contribution in [0.1, 0.15) is 18.5 Å². The maximum atomic E-state index is 13.1. The SMILES string of the molecule is O=C(OCc1cc(=O)n2ccsc2n1)C1CCN(S(=O)(=O)c2ccc3c(c2)OCCO3)CC1. The summed E-state index contributed by atoms with van der Waals surface area (Å²) in [4.78, 5) is 29.6.